The zero-order valence-corrected chi connectivity index (χ0v) is 23.4. The Balaban J connectivity index is 1.92. The number of hydrogen-bond donors (Lipinski definition) is 1. The number of benzene rings is 3. The van der Waals surface area contributed by atoms with E-state index in [1.54, 1.807) is 31.4 Å². The molecule has 0 heterocycles. The molecule has 0 aliphatic rings. The normalized spacial score (nSPS) is 12.2. The minimum atomic E-state index is -4.18. The highest BCUT2D eigenvalue weighted by molar-refractivity contribution is 7.92. The molecule has 0 radical (unpaired) electrons. The molecule has 0 saturated heterocycles. The van der Waals surface area contributed by atoms with Gasteiger partial charge in [0.25, 0.3) is 10.0 Å². The van der Waals surface area contributed by atoms with Gasteiger partial charge in [-0.25, -0.2) is 12.8 Å². The fraction of sp³-hybridized carbons (Fsp3) is 0.345. The van der Waals surface area contributed by atoms with E-state index < -0.39 is 28.3 Å². The molecule has 0 saturated carbocycles. The summed E-state index contributed by atoms with van der Waals surface area (Å²) in [6.07, 6.45) is 0. The number of nitrogens with one attached hydrogen (secondary N) is 1. The molecule has 204 valence electrons. The molecular weight excluding hydrogens is 507 g/mol. The van der Waals surface area contributed by atoms with Gasteiger partial charge in [0, 0.05) is 0 Å². The van der Waals surface area contributed by atoms with Crippen LogP contribution in [0.4, 0.5) is 10.1 Å². The zero-order chi connectivity index (χ0) is 28.0. The molecule has 0 unspecified atom stereocenters. The second-order valence-electron chi connectivity index (χ2n) is 9.29. The third kappa shape index (κ3) is 6.64. The van der Waals surface area contributed by atoms with Crippen molar-refractivity contribution in [2.45, 2.75) is 51.5 Å². The summed E-state index contributed by atoms with van der Waals surface area (Å²) in [5.41, 5.74) is 3.16. The van der Waals surface area contributed by atoms with E-state index in [2.05, 4.69) is 19.2 Å². The average molecular weight is 543 g/mol. The standard InChI is InChI=1S/C29H35FN2O5S/c1-7-37-24-12-10-23(11-13-24)32(38(34,35)25-14-8-22(30)9-15-25)18-29(33)31-21(5)27-17-26(19(2)3)28(36-6)16-20(27)4/h8-17,19,21H,7,18H2,1-6H3,(H,31,33)/t21-/m1/s1. The fourth-order valence-electron chi connectivity index (χ4n) is 4.23. The lowest BCUT2D eigenvalue weighted by Crippen LogP contribution is -2.41. The van der Waals surface area contributed by atoms with Crippen LogP contribution >= 0.6 is 0 Å². The van der Waals surface area contributed by atoms with Crippen LogP contribution in [-0.2, 0) is 14.8 Å². The van der Waals surface area contributed by atoms with Gasteiger partial charge in [0.05, 0.1) is 30.3 Å². The van der Waals surface area contributed by atoms with Crippen molar-refractivity contribution in [1.82, 2.24) is 5.32 Å². The number of hydrogen-bond acceptors (Lipinski definition) is 5. The number of rotatable bonds is 11. The van der Waals surface area contributed by atoms with Crippen LogP contribution in [0, 0.1) is 12.7 Å². The van der Waals surface area contributed by atoms with Crippen molar-refractivity contribution >= 4 is 21.6 Å². The minimum Gasteiger partial charge on any atom is -0.496 e. The SMILES string of the molecule is CCOc1ccc(N(CC(=O)N[C@H](C)c2cc(C(C)C)c(OC)cc2C)S(=O)(=O)c2ccc(F)cc2)cc1. The van der Waals surface area contributed by atoms with Crippen LogP contribution in [0.3, 0.4) is 0 Å². The first-order chi connectivity index (χ1) is 18.0. The monoisotopic (exact) mass is 542 g/mol. The number of sulfonamides is 1. The Kier molecular flexibility index (Phi) is 9.38. The summed E-state index contributed by atoms with van der Waals surface area (Å²) in [5, 5.41) is 2.93. The van der Waals surface area contributed by atoms with Gasteiger partial charge in [0.15, 0.2) is 0 Å². The summed E-state index contributed by atoms with van der Waals surface area (Å²) >= 11 is 0. The largest absolute Gasteiger partial charge is 0.496 e. The summed E-state index contributed by atoms with van der Waals surface area (Å²) in [5.74, 6) is 0.525. The molecule has 1 N–H and O–H groups in total. The molecule has 0 aromatic heterocycles. The van der Waals surface area contributed by atoms with Crippen LogP contribution < -0.4 is 19.1 Å². The Morgan fingerprint density at radius 1 is 1.00 bits per heavy atom. The van der Waals surface area contributed by atoms with E-state index in [9.17, 15) is 17.6 Å². The number of aryl methyl sites for hydroxylation is 1. The number of carbonyl (C=O) groups excluding carboxylic acids is 1. The van der Waals surface area contributed by atoms with Crippen LogP contribution in [0.5, 0.6) is 11.5 Å². The van der Waals surface area contributed by atoms with Gasteiger partial charge in [-0.2, -0.15) is 0 Å². The van der Waals surface area contributed by atoms with E-state index in [-0.39, 0.29) is 22.5 Å². The highest BCUT2D eigenvalue weighted by Gasteiger charge is 2.28. The van der Waals surface area contributed by atoms with Crippen molar-refractivity contribution in [3.63, 3.8) is 0 Å². The molecule has 7 nitrogen and oxygen atoms in total. The molecule has 0 fully saturated rings. The van der Waals surface area contributed by atoms with Crippen LogP contribution in [0.25, 0.3) is 0 Å². The maximum Gasteiger partial charge on any atom is 0.264 e. The van der Waals surface area contributed by atoms with E-state index >= 15 is 0 Å². The zero-order valence-electron chi connectivity index (χ0n) is 22.6. The van der Waals surface area contributed by atoms with Crippen molar-refractivity contribution < 1.29 is 27.1 Å². The third-order valence-corrected chi connectivity index (χ3v) is 8.00. The van der Waals surface area contributed by atoms with E-state index in [0.717, 1.165) is 38.9 Å². The van der Waals surface area contributed by atoms with Gasteiger partial charge in [-0.1, -0.05) is 13.8 Å². The van der Waals surface area contributed by atoms with Gasteiger partial charge in [-0.05, 0) is 104 Å². The first-order valence-corrected chi connectivity index (χ1v) is 13.9. The second-order valence-corrected chi connectivity index (χ2v) is 11.1. The highest BCUT2D eigenvalue weighted by Crippen LogP contribution is 2.32. The number of methoxy groups -OCH3 is 1. The van der Waals surface area contributed by atoms with E-state index in [4.69, 9.17) is 9.47 Å². The van der Waals surface area contributed by atoms with Gasteiger partial charge in [-0.3, -0.25) is 9.10 Å². The molecular formula is C29H35FN2O5S. The first kappa shape index (κ1) is 29.0. The topological polar surface area (TPSA) is 84.9 Å². The molecule has 1 atom stereocenters. The minimum absolute atomic E-state index is 0.124. The molecule has 0 bridgehead atoms. The maximum atomic E-state index is 13.6. The lowest BCUT2D eigenvalue weighted by atomic mass is 9.93. The van der Waals surface area contributed by atoms with E-state index in [1.165, 1.54) is 12.1 Å². The number of halogens is 1. The number of amides is 1. The van der Waals surface area contributed by atoms with E-state index in [0.29, 0.717) is 12.4 Å². The fourth-order valence-corrected chi connectivity index (χ4v) is 5.65. The van der Waals surface area contributed by atoms with Gasteiger partial charge in [0.1, 0.15) is 23.9 Å². The summed E-state index contributed by atoms with van der Waals surface area (Å²) < 4.78 is 52.6. The molecule has 0 spiro atoms. The number of anilines is 1. The predicted octanol–water partition coefficient (Wildman–Crippen LogP) is 5.74. The number of ether oxygens (including phenoxy) is 2. The van der Waals surface area contributed by atoms with E-state index in [1.807, 2.05) is 32.9 Å². The Morgan fingerprint density at radius 2 is 1.63 bits per heavy atom. The first-order valence-electron chi connectivity index (χ1n) is 12.5. The van der Waals surface area contributed by atoms with Crippen LogP contribution in [-0.4, -0.2) is 34.6 Å². The summed E-state index contributed by atoms with van der Waals surface area (Å²) in [4.78, 5) is 13.1. The maximum absolute atomic E-state index is 13.6. The van der Waals surface area contributed by atoms with Crippen LogP contribution in [0.1, 0.15) is 56.3 Å². The Hall–Kier alpha value is -3.59. The lowest BCUT2D eigenvalue weighted by molar-refractivity contribution is -0.120. The van der Waals surface area contributed by atoms with Crippen LogP contribution in [0.15, 0.2) is 65.6 Å². The van der Waals surface area contributed by atoms with Crippen LogP contribution in [0.2, 0.25) is 0 Å². The predicted molar refractivity (Wildman–Crippen MR) is 147 cm³/mol. The highest BCUT2D eigenvalue weighted by atomic mass is 32.2. The number of nitrogens with zero attached hydrogens (tertiary/aromatic N) is 1. The smallest absolute Gasteiger partial charge is 0.264 e. The lowest BCUT2D eigenvalue weighted by Gasteiger charge is -2.26. The second kappa shape index (κ2) is 12.3. The van der Waals surface area contributed by atoms with Gasteiger partial charge in [-0.15, -0.1) is 0 Å². The number of carbonyl (C=O) groups is 1. The van der Waals surface area contributed by atoms with Gasteiger partial charge >= 0.3 is 0 Å². The Morgan fingerprint density at radius 3 is 2.18 bits per heavy atom. The molecule has 3 rings (SSSR count). The molecule has 3 aromatic carbocycles. The van der Waals surface area contributed by atoms with Crippen molar-refractivity contribution in [2.75, 3.05) is 24.6 Å². The average Bonchev–Trinajstić information content (AvgIpc) is 2.87. The molecule has 3 aromatic rings. The van der Waals surface area contributed by atoms with Gasteiger partial charge < -0.3 is 14.8 Å². The summed E-state index contributed by atoms with van der Waals surface area (Å²) in [7, 11) is -2.55. The molecule has 9 heteroatoms. The Labute approximate surface area is 224 Å². The van der Waals surface area contributed by atoms with Crippen molar-refractivity contribution in [3.05, 3.63) is 83.2 Å². The summed E-state index contributed by atoms with van der Waals surface area (Å²) in [6.45, 7) is 9.76. The molecule has 38 heavy (non-hydrogen) atoms. The quantitative estimate of drug-likeness (QED) is 0.334. The molecule has 1 amide bonds. The third-order valence-electron chi connectivity index (χ3n) is 6.21. The van der Waals surface area contributed by atoms with Crippen molar-refractivity contribution in [3.8, 4) is 11.5 Å². The molecule has 0 aliphatic heterocycles. The summed E-state index contributed by atoms with van der Waals surface area (Å²) in [6, 6.07) is 14.5. The van der Waals surface area contributed by atoms with Gasteiger partial charge in [0.2, 0.25) is 5.91 Å². The van der Waals surface area contributed by atoms with Crippen molar-refractivity contribution in [1.29, 1.82) is 0 Å². The van der Waals surface area contributed by atoms with Crippen molar-refractivity contribution in [2.24, 2.45) is 0 Å². The molecule has 0 aliphatic carbocycles. The Bertz CT molecular complexity index is 1360.